The minimum atomic E-state index is -0.273. The van der Waals surface area contributed by atoms with E-state index in [4.69, 9.17) is 10.5 Å². The van der Waals surface area contributed by atoms with Crippen molar-refractivity contribution in [1.82, 2.24) is 15.0 Å². The van der Waals surface area contributed by atoms with Gasteiger partial charge < -0.3 is 25.9 Å². The van der Waals surface area contributed by atoms with Crippen LogP contribution in [0.4, 0.5) is 11.4 Å². The van der Waals surface area contributed by atoms with E-state index in [9.17, 15) is 9.90 Å². The quantitative estimate of drug-likeness (QED) is 0.283. The van der Waals surface area contributed by atoms with Crippen LogP contribution in [0.25, 0.3) is 33.5 Å². The minimum Gasteiger partial charge on any atom is -0.507 e. The average molecular weight is 451 g/mol. The van der Waals surface area contributed by atoms with Crippen molar-refractivity contribution >= 4 is 28.3 Å². The highest BCUT2D eigenvalue weighted by molar-refractivity contribution is 6.06. The van der Waals surface area contributed by atoms with Crippen molar-refractivity contribution in [2.24, 2.45) is 0 Å². The van der Waals surface area contributed by atoms with Crippen LogP contribution in [0.1, 0.15) is 10.4 Å². The van der Waals surface area contributed by atoms with Gasteiger partial charge >= 0.3 is 0 Å². The van der Waals surface area contributed by atoms with Crippen LogP contribution in [0.2, 0.25) is 0 Å². The SMILES string of the molecule is COc1ncccc1-c1ccc(O)c(-c2nc3cc(C(=O)Nc4cccc(N)c4)ccc3[nH]2)c1. The highest BCUT2D eigenvalue weighted by Gasteiger charge is 2.15. The molecular formula is C26H21N5O3. The van der Waals surface area contributed by atoms with Crippen LogP contribution in [-0.2, 0) is 0 Å². The van der Waals surface area contributed by atoms with Crippen molar-refractivity contribution in [3.05, 3.63) is 84.6 Å². The number of phenolic OH excluding ortho intramolecular Hbond substituents is 1. The molecule has 168 valence electrons. The van der Waals surface area contributed by atoms with Crippen molar-refractivity contribution in [2.45, 2.75) is 0 Å². The van der Waals surface area contributed by atoms with Crippen LogP contribution in [0.5, 0.6) is 11.6 Å². The normalized spacial score (nSPS) is 10.9. The van der Waals surface area contributed by atoms with Gasteiger partial charge in [0.25, 0.3) is 5.91 Å². The monoisotopic (exact) mass is 451 g/mol. The Morgan fingerprint density at radius 1 is 1.03 bits per heavy atom. The summed E-state index contributed by atoms with van der Waals surface area (Å²) in [5.41, 5.74) is 10.9. The number of nitrogens with one attached hydrogen (secondary N) is 2. The topological polar surface area (TPSA) is 126 Å². The van der Waals surface area contributed by atoms with Gasteiger partial charge in [-0.1, -0.05) is 12.1 Å². The first-order valence-electron chi connectivity index (χ1n) is 10.5. The third-order valence-corrected chi connectivity index (χ3v) is 5.42. The number of H-pyrrole nitrogens is 1. The molecule has 5 rings (SSSR count). The Morgan fingerprint density at radius 2 is 1.91 bits per heavy atom. The maximum absolute atomic E-state index is 12.7. The van der Waals surface area contributed by atoms with E-state index >= 15 is 0 Å². The number of aromatic amines is 1. The van der Waals surface area contributed by atoms with Crippen molar-refractivity contribution in [3.63, 3.8) is 0 Å². The first-order valence-corrected chi connectivity index (χ1v) is 10.5. The number of hydrogen-bond donors (Lipinski definition) is 4. The van der Waals surface area contributed by atoms with Crippen LogP contribution < -0.4 is 15.8 Å². The van der Waals surface area contributed by atoms with Gasteiger partial charge in [0.15, 0.2) is 0 Å². The number of imidazole rings is 1. The molecule has 1 amide bonds. The molecule has 8 heteroatoms. The number of nitrogen functional groups attached to an aromatic ring is 1. The van der Waals surface area contributed by atoms with Crippen molar-refractivity contribution in [1.29, 1.82) is 0 Å². The predicted molar refractivity (Wildman–Crippen MR) is 132 cm³/mol. The number of hydrogen-bond acceptors (Lipinski definition) is 6. The number of benzene rings is 3. The number of aromatic nitrogens is 3. The van der Waals surface area contributed by atoms with Crippen LogP contribution in [0.3, 0.4) is 0 Å². The van der Waals surface area contributed by atoms with E-state index in [1.54, 1.807) is 67.9 Å². The highest BCUT2D eigenvalue weighted by Crippen LogP contribution is 2.35. The van der Waals surface area contributed by atoms with Gasteiger partial charge in [-0.15, -0.1) is 0 Å². The lowest BCUT2D eigenvalue weighted by atomic mass is 10.0. The molecule has 0 saturated heterocycles. The lowest BCUT2D eigenvalue weighted by molar-refractivity contribution is 0.102. The van der Waals surface area contributed by atoms with Gasteiger partial charge in [-0.05, 0) is 66.2 Å². The van der Waals surface area contributed by atoms with E-state index in [-0.39, 0.29) is 11.7 Å². The number of rotatable bonds is 5. The fourth-order valence-electron chi connectivity index (χ4n) is 3.76. The van der Waals surface area contributed by atoms with E-state index in [2.05, 4.69) is 20.3 Å². The van der Waals surface area contributed by atoms with Gasteiger partial charge in [-0.25, -0.2) is 9.97 Å². The van der Waals surface area contributed by atoms with E-state index in [1.165, 1.54) is 0 Å². The number of nitrogens with zero attached hydrogens (tertiary/aromatic N) is 2. The number of carbonyl (C=O) groups excluding carboxylic acids is 1. The number of phenols is 1. The zero-order valence-corrected chi connectivity index (χ0v) is 18.2. The van der Waals surface area contributed by atoms with Crippen LogP contribution in [0, 0.1) is 0 Å². The summed E-state index contributed by atoms with van der Waals surface area (Å²) in [5.74, 6) is 0.765. The molecule has 0 aliphatic heterocycles. The van der Waals surface area contributed by atoms with Gasteiger partial charge in [-0.3, -0.25) is 4.79 Å². The molecule has 0 radical (unpaired) electrons. The van der Waals surface area contributed by atoms with Gasteiger partial charge in [0.05, 0.1) is 23.7 Å². The summed E-state index contributed by atoms with van der Waals surface area (Å²) in [4.78, 5) is 24.8. The molecule has 0 bridgehead atoms. The van der Waals surface area contributed by atoms with Gasteiger partial charge in [0.1, 0.15) is 11.6 Å². The molecule has 8 nitrogen and oxygen atoms in total. The van der Waals surface area contributed by atoms with Crippen molar-refractivity contribution in [2.75, 3.05) is 18.2 Å². The van der Waals surface area contributed by atoms with E-state index in [1.807, 2.05) is 18.2 Å². The maximum atomic E-state index is 12.7. The second-order valence-corrected chi connectivity index (χ2v) is 7.69. The zero-order valence-electron chi connectivity index (χ0n) is 18.2. The molecule has 0 aliphatic rings. The molecule has 2 heterocycles. The summed E-state index contributed by atoms with van der Waals surface area (Å²) in [6.45, 7) is 0. The third kappa shape index (κ3) is 4.00. The zero-order chi connectivity index (χ0) is 23.7. The summed E-state index contributed by atoms with van der Waals surface area (Å²) >= 11 is 0. The molecule has 0 unspecified atom stereocenters. The molecular weight excluding hydrogens is 430 g/mol. The Balaban J connectivity index is 1.49. The van der Waals surface area contributed by atoms with E-state index in [0.717, 1.165) is 16.6 Å². The van der Waals surface area contributed by atoms with Crippen molar-refractivity contribution in [3.8, 4) is 34.1 Å². The molecule has 2 aromatic heterocycles. The largest absolute Gasteiger partial charge is 0.507 e. The Labute approximate surface area is 195 Å². The molecule has 0 atom stereocenters. The molecule has 0 fully saturated rings. The molecule has 3 aromatic carbocycles. The van der Waals surface area contributed by atoms with Crippen LogP contribution in [0.15, 0.2) is 79.0 Å². The minimum absolute atomic E-state index is 0.0743. The number of carbonyl (C=O) groups is 1. The van der Waals surface area contributed by atoms with Crippen molar-refractivity contribution < 1.29 is 14.6 Å². The molecule has 34 heavy (non-hydrogen) atoms. The molecule has 0 aliphatic carbocycles. The van der Waals surface area contributed by atoms with Gasteiger partial charge in [0, 0.05) is 28.7 Å². The number of nitrogens with two attached hydrogens (primary N) is 1. The molecule has 5 N–H and O–H groups in total. The second kappa shape index (κ2) is 8.59. The summed E-state index contributed by atoms with van der Waals surface area (Å²) in [5, 5.41) is 13.4. The lowest BCUT2D eigenvalue weighted by Gasteiger charge is -2.09. The average Bonchev–Trinajstić information content (AvgIpc) is 3.27. The first kappa shape index (κ1) is 21.0. The summed E-state index contributed by atoms with van der Waals surface area (Å²) in [6, 6.07) is 21.1. The Kier molecular flexibility index (Phi) is 5.31. The Hall–Kier alpha value is -4.85. The maximum Gasteiger partial charge on any atom is 0.255 e. The van der Waals surface area contributed by atoms with Crippen LogP contribution >= 0.6 is 0 Å². The summed E-state index contributed by atoms with van der Waals surface area (Å²) in [6.07, 6.45) is 1.66. The third-order valence-electron chi connectivity index (χ3n) is 5.42. The van der Waals surface area contributed by atoms with E-state index in [0.29, 0.717) is 39.7 Å². The molecule has 0 spiro atoms. The number of fused-ring (bicyclic) bond motifs is 1. The van der Waals surface area contributed by atoms with Gasteiger partial charge in [0.2, 0.25) is 5.88 Å². The van der Waals surface area contributed by atoms with Gasteiger partial charge in [-0.2, -0.15) is 0 Å². The fraction of sp³-hybridized carbons (Fsp3) is 0.0385. The Morgan fingerprint density at radius 3 is 2.74 bits per heavy atom. The number of ether oxygens (including phenoxy) is 1. The standard InChI is InChI=1S/C26H21N5O3/c1-34-26-19(6-3-11-28-26)15-8-10-23(32)20(12-15)24-30-21-9-7-16(13-22(21)31-24)25(33)29-18-5-2-4-17(27)14-18/h2-14,32H,27H2,1H3,(H,29,33)(H,30,31). The summed E-state index contributed by atoms with van der Waals surface area (Å²) < 4.78 is 5.37. The molecule has 5 aromatic rings. The van der Waals surface area contributed by atoms with Crippen LogP contribution in [-0.4, -0.2) is 33.1 Å². The summed E-state index contributed by atoms with van der Waals surface area (Å²) in [7, 11) is 1.56. The fourth-order valence-corrected chi connectivity index (χ4v) is 3.76. The molecule has 0 saturated carbocycles. The number of pyridine rings is 1. The number of amides is 1. The Bertz CT molecular complexity index is 1530. The second-order valence-electron chi connectivity index (χ2n) is 7.69. The predicted octanol–water partition coefficient (Wildman–Crippen LogP) is 4.84. The number of aromatic hydroxyl groups is 1. The highest BCUT2D eigenvalue weighted by atomic mass is 16.5. The smallest absolute Gasteiger partial charge is 0.255 e. The number of anilines is 2. The van der Waals surface area contributed by atoms with E-state index < -0.39 is 0 Å². The first-order chi connectivity index (χ1) is 16.5. The number of methoxy groups -OCH3 is 1. The lowest BCUT2D eigenvalue weighted by Crippen LogP contribution is -2.11.